The summed E-state index contributed by atoms with van der Waals surface area (Å²) in [5, 5.41) is 21.7. The Morgan fingerprint density at radius 3 is 2.71 bits per heavy atom. The van der Waals surface area contributed by atoms with Crippen molar-refractivity contribution >= 4 is 41.3 Å². The second-order valence-corrected chi connectivity index (χ2v) is 7.45. The van der Waals surface area contributed by atoms with Gasteiger partial charge in [-0.15, -0.1) is 0 Å². The number of benzene rings is 1. The van der Waals surface area contributed by atoms with Gasteiger partial charge in [-0.1, -0.05) is 13.8 Å². The van der Waals surface area contributed by atoms with Gasteiger partial charge in [0, 0.05) is 36.4 Å². The largest absolute Gasteiger partial charge is 0.364 e. The molecule has 0 radical (unpaired) electrons. The van der Waals surface area contributed by atoms with Crippen LogP contribution in [-0.2, 0) is 0 Å². The van der Waals surface area contributed by atoms with Crippen LogP contribution in [0.4, 0.5) is 23.0 Å². The number of primary amides is 1. The van der Waals surface area contributed by atoms with Gasteiger partial charge in [-0.2, -0.15) is 10.2 Å². The SMILES string of the molecule is CC[C@H](N)[C@@H](CC)Nc1cnc(C(N)=O)c(Nc2cc(N/N=C\C=N)cc(-n3cccn3)c2)n1. The first-order valence-corrected chi connectivity index (χ1v) is 10.8. The highest BCUT2D eigenvalue weighted by Gasteiger charge is 2.18. The number of nitrogens with one attached hydrogen (secondary N) is 4. The summed E-state index contributed by atoms with van der Waals surface area (Å²) in [4.78, 5) is 20.8. The number of amides is 1. The summed E-state index contributed by atoms with van der Waals surface area (Å²) in [6.45, 7) is 4.06. The molecule has 1 aromatic carbocycles. The maximum Gasteiger partial charge on any atom is 0.271 e. The van der Waals surface area contributed by atoms with Crippen molar-refractivity contribution in [1.29, 1.82) is 5.41 Å². The number of carbonyl (C=O) groups excluding carboxylic acids is 1. The van der Waals surface area contributed by atoms with E-state index in [1.165, 1.54) is 12.4 Å². The molecular weight excluding hydrogens is 434 g/mol. The van der Waals surface area contributed by atoms with Crippen molar-refractivity contribution in [3.05, 3.63) is 48.5 Å². The van der Waals surface area contributed by atoms with Crippen molar-refractivity contribution in [2.75, 3.05) is 16.1 Å². The Balaban J connectivity index is 1.98. The Morgan fingerprint density at radius 2 is 2.06 bits per heavy atom. The number of rotatable bonds is 12. The third-order valence-electron chi connectivity index (χ3n) is 5.06. The van der Waals surface area contributed by atoms with E-state index in [4.69, 9.17) is 16.9 Å². The summed E-state index contributed by atoms with van der Waals surface area (Å²) < 4.78 is 1.67. The lowest BCUT2D eigenvalue weighted by molar-refractivity contribution is 0.0996. The molecule has 0 saturated heterocycles. The minimum Gasteiger partial charge on any atom is -0.364 e. The molecule has 2 atom stereocenters. The van der Waals surface area contributed by atoms with E-state index >= 15 is 0 Å². The predicted molar refractivity (Wildman–Crippen MR) is 134 cm³/mol. The normalized spacial score (nSPS) is 12.8. The number of hydrazone groups is 1. The number of aromatic nitrogens is 4. The smallest absolute Gasteiger partial charge is 0.271 e. The maximum atomic E-state index is 12.0. The molecule has 12 heteroatoms. The Bertz CT molecular complexity index is 1140. The van der Waals surface area contributed by atoms with E-state index in [9.17, 15) is 4.79 Å². The van der Waals surface area contributed by atoms with Gasteiger partial charge >= 0.3 is 0 Å². The molecule has 0 fully saturated rings. The first-order chi connectivity index (χ1) is 16.4. The number of carbonyl (C=O) groups is 1. The van der Waals surface area contributed by atoms with Gasteiger partial charge in [0.2, 0.25) is 0 Å². The van der Waals surface area contributed by atoms with Crippen molar-refractivity contribution in [3.8, 4) is 5.69 Å². The van der Waals surface area contributed by atoms with Crippen LogP contribution in [0.3, 0.4) is 0 Å². The molecule has 0 saturated carbocycles. The minimum absolute atomic E-state index is 0.000725. The zero-order valence-corrected chi connectivity index (χ0v) is 19.1. The first kappa shape index (κ1) is 24.3. The van der Waals surface area contributed by atoms with Crippen LogP contribution in [0.1, 0.15) is 37.2 Å². The fraction of sp³-hybridized carbons (Fsp3) is 0.273. The topological polar surface area (TPSA) is 185 Å². The van der Waals surface area contributed by atoms with Crippen LogP contribution in [0.2, 0.25) is 0 Å². The molecule has 0 aliphatic rings. The quantitative estimate of drug-likeness (QED) is 0.175. The van der Waals surface area contributed by atoms with E-state index < -0.39 is 5.91 Å². The lowest BCUT2D eigenvalue weighted by Crippen LogP contribution is -2.39. The maximum absolute atomic E-state index is 12.0. The van der Waals surface area contributed by atoms with Crippen LogP contribution < -0.4 is 27.5 Å². The van der Waals surface area contributed by atoms with Gasteiger partial charge in [-0.25, -0.2) is 14.6 Å². The van der Waals surface area contributed by atoms with Crippen LogP contribution in [0.15, 0.2) is 48.0 Å². The lowest BCUT2D eigenvalue weighted by atomic mass is 10.0. The molecule has 0 aliphatic heterocycles. The average molecular weight is 464 g/mol. The fourth-order valence-corrected chi connectivity index (χ4v) is 3.30. The standard InChI is InChI=1S/C22H29N11O/c1-3-17(24)18(4-2)30-19-13-26-20(21(25)34)22(31-19)29-14-10-15(32-27-8-6-23)12-16(11-14)33-9-5-7-28-33/h5-13,17-18,23,32H,3-4,24H2,1-2H3,(H2,25,34)(H2,29,30,31)/b23-6?,27-8-/t17-,18+/m0/s1. The van der Waals surface area contributed by atoms with Crippen LogP contribution in [0.25, 0.3) is 5.69 Å². The molecule has 0 unspecified atom stereocenters. The van der Waals surface area contributed by atoms with Crippen molar-refractivity contribution < 1.29 is 4.79 Å². The van der Waals surface area contributed by atoms with Gasteiger partial charge in [0.15, 0.2) is 11.5 Å². The molecule has 1 amide bonds. The van der Waals surface area contributed by atoms with Gasteiger partial charge in [0.05, 0.1) is 23.8 Å². The summed E-state index contributed by atoms with van der Waals surface area (Å²) in [6, 6.07) is 7.17. The van der Waals surface area contributed by atoms with Crippen LogP contribution in [-0.4, -0.2) is 50.2 Å². The molecule has 8 N–H and O–H groups in total. The van der Waals surface area contributed by atoms with E-state index in [0.717, 1.165) is 24.7 Å². The highest BCUT2D eigenvalue weighted by atomic mass is 16.1. The minimum atomic E-state index is -0.712. The van der Waals surface area contributed by atoms with Crippen LogP contribution >= 0.6 is 0 Å². The molecular formula is C22H29N11O. The number of hydrogen-bond donors (Lipinski definition) is 6. The number of hydrogen-bond acceptors (Lipinski definition) is 10. The Hall–Kier alpha value is -4.32. The number of nitrogens with two attached hydrogens (primary N) is 2. The lowest BCUT2D eigenvalue weighted by Gasteiger charge is -2.23. The van der Waals surface area contributed by atoms with Gasteiger partial charge in [0.1, 0.15) is 5.82 Å². The molecule has 12 nitrogen and oxygen atoms in total. The zero-order chi connectivity index (χ0) is 24.5. The zero-order valence-electron chi connectivity index (χ0n) is 19.1. The molecule has 0 bridgehead atoms. The van der Waals surface area contributed by atoms with E-state index in [2.05, 4.69) is 36.2 Å². The number of nitrogens with zero attached hydrogens (tertiary/aromatic N) is 5. The van der Waals surface area contributed by atoms with E-state index in [1.54, 1.807) is 29.2 Å². The van der Waals surface area contributed by atoms with Crippen molar-refractivity contribution in [2.24, 2.45) is 16.6 Å². The molecule has 34 heavy (non-hydrogen) atoms. The summed E-state index contributed by atoms with van der Waals surface area (Å²) in [5.41, 5.74) is 16.5. The second-order valence-electron chi connectivity index (χ2n) is 7.45. The van der Waals surface area contributed by atoms with Gasteiger partial charge in [-0.05, 0) is 37.1 Å². The van der Waals surface area contributed by atoms with Crippen molar-refractivity contribution in [1.82, 2.24) is 19.7 Å². The molecule has 178 valence electrons. The van der Waals surface area contributed by atoms with Gasteiger partial charge in [-0.3, -0.25) is 10.2 Å². The van der Waals surface area contributed by atoms with Gasteiger partial charge < -0.3 is 27.5 Å². The fourth-order valence-electron chi connectivity index (χ4n) is 3.30. The Labute approximate surface area is 197 Å². The van der Waals surface area contributed by atoms with Crippen LogP contribution in [0.5, 0.6) is 0 Å². The molecule has 3 aromatic rings. The van der Waals surface area contributed by atoms with E-state index in [-0.39, 0.29) is 23.6 Å². The van der Waals surface area contributed by atoms with E-state index in [1.807, 2.05) is 26.0 Å². The average Bonchev–Trinajstić information content (AvgIpc) is 3.37. The van der Waals surface area contributed by atoms with Gasteiger partial charge in [0.25, 0.3) is 5.91 Å². The first-order valence-electron chi connectivity index (χ1n) is 10.8. The van der Waals surface area contributed by atoms with Crippen LogP contribution in [0, 0.1) is 5.41 Å². The van der Waals surface area contributed by atoms with Crippen molar-refractivity contribution in [2.45, 2.75) is 38.8 Å². The highest BCUT2D eigenvalue weighted by Crippen LogP contribution is 2.26. The summed E-state index contributed by atoms with van der Waals surface area (Å²) in [7, 11) is 0. The molecule has 0 aliphatic carbocycles. The molecule has 3 rings (SSSR count). The summed E-state index contributed by atoms with van der Waals surface area (Å²) >= 11 is 0. The summed E-state index contributed by atoms with van der Waals surface area (Å²) in [5.74, 6) is -0.0413. The Kier molecular flexibility index (Phi) is 8.24. The predicted octanol–water partition coefficient (Wildman–Crippen LogP) is 2.48. The third-order valence-corrected chi connectivity index (χ3v) is 5.06. The molecule has 2 heterocycles. The highest BCUT2D eigenvalue weighted by molar-refractivity contribution is 6.14. The number of anilines is 4. The molecule has 0 spiro atoms. The third kappa shape index (κ3) is 6.13. The van der Waals surface area contributed by atoms with E-state index in [0.29, 0.717) is 17.2 Å². The second kappa shape index (κ2) is 11.5. The molecule has 2 aromatic heterocycles. The van der Waals surface area contributed by atoms with Crippen molar-refractivity contribution in [3.63, 3.8) is 0 Å². The summed E-state index contributed by atoms with van der Waals surface area (Å²) in [6.07, 6.45) is 8.90. The monoisotopic (exact) mass is 463 g/mol. The Morgan fingerprint density at radius 1 is 1.26 bits per heavy atom.